The van der Waals surface area contributed by atoms with Gasteiger partial charge in [-0.2, -0.15) is 0 Å². The standard InChI is InChI=1S/C13H16Cl2N2O4/c1-8(2)7-21-4-3-16-13(18)9-5-10(14)12(15)11(6-9)17(19)20/h5-6,8H,3-4,7H2,1-2H3,(H,16,18). The summed E-state index contributed by atoms with van der Waals surface area (Å²) >= 11 is 11.5. The summed E-state index contributed by atoms with van der Waals surface area (Å²) in [4.78, 5) is 22.0. The van der Waals surface area contributed by atoms with Crippen molar-refractivity contribution < 1.29 is 14.5 Å². The van der Waals surface area contributed by atoms with Gasteiger partial charge in [-0.25, -0.2) is 0 Å². The van der Waals surface area contributed by atoms with E-state index in [0.29, 0.717) is 25.7 Å². The van der Waals surface area contributed by atoms with Gasteiger partial charge in [-0.05, 0) is 12.0 Å². The Labute approximate surface area is 132 Å². The number of nitro benzene ring substituents is 1. The summed E-state index contributed by atoms with van der Waals surface area (Å²) in [5, 5.41) is 13.2. The number of ether oxygens (including phenoxy) is 1. The first kappa shape index (κ1) is 17.7. The molecule has 21 heavy (non-hydrogen) atoms. The number of nitrogens with zero attached hydrogens (tertiary/aromatic N) is 1. The van der Waals surface area contributed by atoms with Gasteiger partial charge in [-0.3, -0.25) is 14.9 Å². The molecule has 0 radical (unpaired) electrons. The van der Waals surface area contributed by atoms with Crippen LogP contribution in [0.1, 0.15) is 24.2 Å². The average molecular weight is 335 g/mol. The van der Waals surface area contributed by atoms with Crippen molar-refractivity contribution in [1.82, 2.24) is 5.32 Å². The molecular weight excluding hydrogens is 319 g/mol. The maximum Gasteiger partial charge on any atom is 0.290 e. The number of rotatable bonds is 7. The summed E-state index contributed by atoms with van der Waals surface area (Å²) in [6.07, 6.45) is 0. The Bertz CT molecular complexity index is 535. The zero-order valence-corrected chi connectivity index (χ0v) is 13.2. The van der Waals surface area contributed by atoms with Crippen LogP contribution in [0.5, 0.6) is 0 Å². The second-order valence-corrected chi connectivity index (χ2v) is 5.56. The topological polar surface area (TPSA) is 81.5 Å². The highest BCUT2D eigenvalue weighted by Crippen LogP contribution is 2.32. The van der Waals surface area contributed by atoms with Gasteiger partial charge in [-0.15, -0.1) is 0 Å². The lowest BCUT2D eigenvalue weighted by molar-refractivity contribution is -0.384. The number of carbonyl (C=O) groups is 1. The predicted molar refractivity (Wildman–Crippen MR) is 81.1 cm³/mol. The molecule has 0 unspecified atom stereocenters. The summed E-state index contributed by atoms with van der Waals surface area (Å²) in [5.74, 6) is -0.0526. The number of amides is 1. The molecule has 1 aromatic carbocycles. The number of carbonyl (C=O) groups excluding carboxylic acids is 1. The zero-order chi connectivity index (χ0) is 16.0. The SMILES string of the molecule is CC(C)COCCNC(=O)c1cc(Cl)c(Cl)c([N+](=O)[O-])c1. The second-order valence-electron chi connectivity index (χ2n) is 4.77. The van der Waals surface area contributed by atoms with Gasteiger partial charge < -0.3 is 10.1 Å². The van der Waals surface area contributed by atoms with Crippen LogP contribution in [0.25, 0.3) is 0 Å². The van der Waals surface area contributed by atoms with Gasteiger partial charge >= 0.3 is 0 Å². The van der Waals surface area contributed by atoms with Crippen LogP contribution in [0.2, 0.25) is 10.0 Å². The fourth-order valence-electron chi connectivity index (χ4n) is 1.50. The quantitative estimate of drug-likeness (QED) is 0.471. The van der Waals surface area contributed by atoms with Gasteiger partial charge in [0.05, 0.1) is 16.6 Å². The molecule has 0 aliphatic carbocycles. The second kappa shape index (κ2) is 8.17. The Morgan fingerprint density at radius 2 is 2.10 bits per heavy atom. The number of hydrogen-bond acceptors (Lipinski definition) is 4. The highest BCUT2D eigenvalue weighted by atomic mass is 35.5. The third-order valence-corrected chi connectivity index (χ3v) is 3.24. The molecule has 0 fully saturated rings. The van der Waals surface area contributed by atoms with Gasteiger partial charge in [0.15, 0.2) is 0 Å². The first-order valence-corrected chi connectivity index (χ1v) is 7.08. The molecule has 116 valence electrons. The van der Waals surface area contributed by atoms with Crippen molar-refractivity contribution in [2.75, 3.05) is 19.8 Å². The molecule has 1 rings (SSSR count). The number of halogens is 2. The third kappa shape index (κ3) is 5.49. The zero-order valence-electron chi connectivity index (χ0n) is 11.7. The summed E-state index contributed by atoms with van der Waals surface area (Å²) in [7, 11) is 0. The fourth-order valence-corrected chi connectivity index (χ4v) is 1.89. The molecule has 1 aromatic rings. The van der Waals surface area contributed by atoms with E-state index in [1.165, 1.54) is 6.07 Å². The van der Waals surface area contributed by atoms with Crippen molar-refractivity contribution in [3.8, 4) is 0 Å². The third-order valence-electron chi connectivity index (χ3n) is 2.45. The van der Waals surface area contributed by atoms with E-state index in [9.17, 15) is 14.9 Å². The minimum absolute atomic E-state index is 0.0351. The van der Waals surface area contributed by atoms with E-state index in [-0.39, 0.29) is 15.6 Å². The monoisotopic (exact) mass is 334 g/mol. The predicted octanol–water partition coefficient (Wildman–Crippen LogP) is 3.30. The van der Waals surface area contributed by atoms with Crippen LogP contribution in [-0.4, -0.2) is 30.6 Å². The molecule has 0 saturated carbocycles. The van der Waals surface area contributed by atoms with E-state index in [4.69, 9.17) is 27.9 Å². The Balaban J connectivity index is 2.64. The molecule has 0 atom stereocenters. The lowest BCUT2D eigenvalue weighted by Gasteiger charge is -2.08. The van der Waals surface area contributed by atoms with Crippen molar-refractivity contribution in [1.29, 1.82) is 0 Å². The van der Waals surface area contributed by atoms with E-state index in [0.717, 1.165) is 6.07 Å². The molecule has 0 spiro atoms. The first-order chi connectivity index (χ1) is 9.82. The highest BCUT2D eigenvalue weighted by molar-refractivity contribution is 6.43. The van der Waals surface area contributed by atoms with Crippen LogP contribution in [0, 0.1) is 16.0 Å². The number of benzene rings is 1. The normalized spacial score (nSPS) is 10.7. The van der Waals surface area contributed by atoms with Gasteiger partial charge in [-0.1, -0.05) is 37.0 Å². The molecule has 0 aliphatic rings. The van der Waals surface area contributed by atoms with Gasteiger partial charge in [0.2, 0.25) is 0 Å². The van der Waals surface area contributed by atoms with Gasteiger partial charge in [0, 0.05) is 24.8 Å². The Morgan fingerprint density at radius 1 is 1.43 bits per heavy atom. The highest BCUT2D eigenvalue weighted by Gasteiger charge is 2.19. The van der Waals surface area contributed by atoms with Crippen molar-refractivity contribution >= 4 is 34.8 Å². The molecule has 1 amide bonds. The van der Waals surface area contributed by atoms with E-state index in [1.807, 2.05) is 13.8 Å². The molecule has 0 heterocycles. The lowest BCUT2D eigenvalue weighted by Crippen LogP contribution is -2.27. The molecule has 6 nitrogen and oxygen atoms in total. The number of nitrogens with one attached hydrogen (secondary N) is 1. The Morgan fingerprint density at radius 3 is 2.67 bits per heavy atom. The van der Waals surface area contributed by atoms with Crippen LogP contribution < -0.4 is 5.32 Å². The molecule has 0 bridgehead atoms. The molecule has 0 saturated heterocycles. The summed E-state index contributed by atoms with van der Waals surface area (Å²) < 4.78 is 5.32. The van der Waals surface area contributed by atoms with Crippen LogP contribution in [-0.2, 0) is 4.74 Å². The van der Waals surface area contributed by atoms with Crippen molar-refractivity contribution in [2.45, 2.75) is 13.8 Å². The number of nitro groups is 1. The van der Waals surface area contributed by atoms with Gasteiger partial charge in [0.1, 0.15) is 5.02 Å². The fraction of sp³-hybridized carbons (Fsp3) is 0.462. The first-order valence-electron chi connectivity index (χ1n) is 6.32. The largest absolute Gasteiger partial charge is 0.379 e. The van der Waals surface area contributed by atoms with Crippen LogP contribution >= 0.6 is 23.2 Å². The van der Waals surface area contributed by atoms with Crippen LogP contribution in [0.15, 0.2) is 12.1 Å². The van der Waals surface area contributed by atoms with Crippen LogP contribution in [0.3, 0.4) is 0 Å². The molecule has 8 heteroatoms. The Kier molecular flexibility index (Phi) is 6.87. The smallest absolute Gasteiger partial charge is 0.290 e. The number of hydrogen-bond donors (Lipinski definition) is 1. The van der Waals surface area contributed by atoms with Crippen molar-refractivity contribution in [3.63, 3.8) is 0 Å². The van der Waals surface area contributed by atoms with Gasteiger partial charge in [0.25, 0.3) is 11.6 Å². The van der Waals surface area contributed by atoms with E-state index in [1.54, 1.807) is 0 Å². The Hall–Kier alpha value is -1.37. The minimum Gasteiger partial charge on any atom is -0.379 e. The average Bonchev–Trinajstić information content (AvgIpc) is 2.40. The molecule has 0 aromatic heterocycles. The summed E-state index contributed by atoms with van der Waals surface area (Å²) in [5.41, 5.74) is -0.315. The van der Waals surface area contributed by atoms with Crippen LogP contribution in [0.4, 0.5) is 5.69 Å². The van der Waals surface area contributed by atoms with E-state index < -0.39 is 16.5 Å². The molecule has 1 N–H and O–H groups in total. The van der Waals surface area contributed by atoms with Crippen molar-refractivity contribution in [3.05, 3.63) is 37.9 Å². The molecular formula is C13H16Cl2N2O4. The summed E-state index contributed by atoms with van der Waals surface area (Å²) in [6, 6.07) is 2.39. The van der Waals surface area contributed by atoms with E-state index >= 15 is 0 Å². The van der Waals surface area contributed by atoms with Crippen molar-refractivity contribution in [2.24, 2.45) is 5.92 Å². The van der Waals surface area contributed by atoms with E-state index in [2.05, 4.69) is 5.32 Å². The molecule has 0 aliphatic heterocycles. The maximum atomic E-state index is 11.9. The minimum atomic E-state index is -0.684. The lowest BCUT2D eigenvalue weighted by atomic mass is 10.2. The summed E-state index contributed by atoms with van der Waals surface area (Å²) in [6.45, 7) is 5.32. The maximum absolute atomic E-state index is 11.9.